The number of carbonyl (C=O) groups excluding carboxylic acids is 1. The Morgan fingerprint density at radius 2 is 1.84 bits per heavy atom. The normalized spacial score (nSPS) is 11.1. The number of carbonyl (C=O) groups is 1. The monoisotopic (exact) mass is 432 g/mol. The standard InChI is InChI=1S/C24H24N4O2S/c1-28(2)12-13-30-20-14-19(18-8-10-25-11-9-18)15-21-22(20)27-24(31-21)23(29)26-16-17-6-4-3-5-7-17/h3-11,14-15H,12-13,16H2,1-2H3,(H,26,29). The van der Waals surface area contributed by atoms with Crippen molar-refractivity contribution in [3.8, 4) is 16.9 Å². The van der Waals surface area contributed by atoms with Gasteiger partial charge in [-0.25, -0.2) is 4.98 Å². The Balaban J connectivity index is 1.63. The van der Waals surface area contributed by atoms with Crippen LogP contribution >= 0.6 is 11.3 Å². The van der Waals surface area contributed by atoms with Gasteiger partial charge in [-0.1, -0.05) is 30.3 Å². The Morgan fingerprint density at radius 3 is 2.58 bits per heavy atom. The molecule has 1 N–H and O–H groups in total. The molecule has 0 bridgehead atoms. The number of aromatic nitrogens is 2. The number of hydrogen-bond donors (Lipinski definition) is 1. The molecule has 7 heteroatoms. The highest BCUT2D eigenvalue weighted by molar-refractivity contribution is 7.20. The summed E-state index contributed by atoms with van der Waals surface area (Å²) in [4.78, 5) is 23.5. The van der Waals surface area contributed by atoms with E-state index < -0.39 is 0 Å². The van der Waals surface area contributed by atoms with E-state index in [0.717, 1.165) is 27.9 Å². The molecule has 0 atom stereocenters. The number of benzene rings is 2. The lowest BCUT2D eigenvalue weighted by atomic mass is 10.1. The van der Waals surface area contributed by atoms with E-state index in [1.165, 1.54) is 11.3 Å². The van der Waals surface area contributed by atoms with Crippen LogP contribution in [0, 0.1) is 0 Å². The number of hydrogen-bond acceptors (Lipinski definition) is 6. The van der Waals surface area contributed by atoms with Gasteiger partial charge >= 0.3 is 0 Å². The average Bonchev–Trinajstić information content (AvgIpc) is 3.23. The Morgan fingerprint density at radius 1 is 1.06 bits per heavy atom. The number of likely N-dealkylation sites (N-methyl/N-ethyl adjacent to an activating group) is 1. The molecule has 0 aliphatic rings. The summed E-state index contributed by atoms with van der Waals surface area (Å²) < 4.78 is 6.99. The lowest BCUT2D eigenvalue weighted by Crippen LogP contribution is -2.22. The first-order valence-corrected chi connectivity index (χ1v) is 10.9. The number of ether oxygens (including phenoxy) is 1. The Hall–Kier alpha value is -3.29. The molecule has 2 heterocycles. The van der Waals surface area contributed by atoms with E-state index in [1.807, 2.05) is 62.6 Å². The van der Waals surface area contributed by atoms with Gasteiger partial charge in [-0.2, -0.15) is 0 Å². The number of fused-ring (bicyclic) bond motifs is 1. The molecule has 0 aliphatic heterocycles. The third-order valence-electron chi connectivity index (χ3n) is 4.76. The maximum Gasteiger partial charge on any atom is 0.280 e. The molecule has 0 saturated heterocycles. The lowest BCUT2D eigenvalue weighted by molar-refractivity contribution is 0.0950. The fraction of sp³-hybridized carbons (Fsp3) is 0.208. The average molecular weight is 433 g/mol. The summed E-state index contributed by atoms with van der Waals surface area (Å²) in [6.45, 7) is 1.79. The van der Waals surface area contributed by atoms with Gasteiger partial charge in [0.15, 0.2) is 5.01 Å². The quantitative estimate of drug-likeness (QED) is 0.451. The smallest absolute Gasteiger partial charge is 0.280 e. The van der Waals surface area contributed by atoms with Crippen LogP contribution in [-0.2, 0) is 6.54 Å². The van der Waals surface area contributed by atoms with Gasteiger partial charge in [0, 0.05) is 25.5 Å². The number of nitrogens with zero attached hydrogens (tertiary/aromatic N) is 3. The third-order valence-corrected chi connectivity index (χ3v) is 5.76. The van der Waals surface area contributed by atoms with Gasteiger partial charge in [0.25, 0.3) is 5.91 Å². The SMILES string of the molecule is CN(C)CCOc1cc(-c2ccncc2)cc2sc(C(=O)NCc3ccccc3)nc12. The molecular weight excluding hydrogens is 408 g/mol. The molecule has 0 aliphatic carbocycles. The lowest BCUT2D eigenvalue weighted by Gasteiger charge is -2.12. The van der Waals surface area contributed by atoms with Gasteiger partial charge in [0.05, 0.1) is 4.70 Å². The van der Waals surface area contributed by atoms with Crippen LogP contribution in [0.15, 0.2) is 67.0 Å². The van der Waals surface area contributed by atoms with Crippen molar-refractivity contribution in [2.75, 3.05) is 27.2 Å². The van der Waals surface area contributed by atoms with E-state index in [9.17, 15) is 4.79 Å². The summed E-state index contributed by atoms with van der Waals surface area (Å²) in [6, 6.07) is 17.8. The van der Waals surface area contributed by atoms with Crippen LogP contribution in [0.2, 0.25) is 0 Å². The van der Waals surface area contributed by atoms with Crippen LogP contribution < -0.4 is 10.1 Å². The molecular formula is C24H24N4O2S. The van der Waals surface area contributed by atoms with Crippen molar-refractivity contribution in [3.05, 3.63) is 77.6 Å². The van der Waals surface area contributed by atoms with Gasteiger partial charge in [-0.15, -0.1) is 11.3 Å². The number of thiazole rings is 1. The highest BCUT2D eigenvalue weighted by Gasteiger charge is 2.17. The molecule has 6 nitrogen and oxygen atoms in total. The minimum Gasteiger partial charge on any atom is -0.490 e. The van der Waals surface area contributed by atoms with Gasteiger partial charge < -0.3 is 15.0 Å². The Labute approximate surface area is 185 Å². The summed E-state index contributed by atoms with van der Waals surface area (Å²) in [5.74, 6) is 0.499. The van der Waals surface area contributed by atoms with Crippen molar-refractivity contribution in [2.45, 2.75) is 6.54 Å². The van der Waals surface area contributed by atoms with Gasteiger partial charge in [-0.05, 0) is 55.1 Å². The molecule has 2 aromatic heterocycles. The Bertz CT molecular complexity index is 1160. The molecule has 1 amide bonds. The number of nitrogens with one attached hydrogen (secondary N) is 1. The zero-order valence-corrected chi connectivity index (χ0v) is 18.4. The van der Waals surface area contributed by atoms with E-state index in [2.05, 4.69) is 26.3 Å². The summed E-state index contributed by atoms with van der Waals surface area (Å²) in [5.41, 5.74) is 3.81. The molecule has 4 aromatic rings. The van der Waals surface area contributed by atoms with Crippen LogP contribution in [-0.4, -0.2) is 48.0 Å². The second kappa shape index (κ2) is 9.68. The summed E-state index contributed by atoms with van der Waals surface area (Å²) in [5, 5.41) is 3.38. The predicted molar refractivity (Wildman–Crippen MR) is 125 cm³/mol. The molecule has 0 radical (unpaired) electrons. The van der Waals surface area contributed by atoms with Crippen molar-refractivity contribution in [1.82, 2.24) is 20.2 Å². The van der Waals surface area contributed by atoms with Crippen molar-refractivity contribution < 1.29 is 9.53 Å². The fourth-order valence-electron chi connectivity index (χ4n) is 3.11. The van der Waals surface area contributed by atoms with Crippen molar-refractivity contribution in [3.63, 3.8) is 0 Å². The van der Waals surface area contributed by atoms with Crippen molar-refractivity contribution >= 4 is 27.5 Å². The van der Waals surface area contributed by atoms with Crippen molar-refractivity contribution in [2.24, 2.45) is 0 Å². The molecule has 4 rings (SSSR count). The Kier molecular flexibility index (Phi) is 6.54. The van der Waals surface area contributed by atoms with Gasteiger partial charge in [-0.3, -0.25) is 9.78 Å². The molecule has 0 saturated carbocycles. The first-order chi connectivity index (χ1) is 15.1. The largest absolute Gasteiger partial charge is 0.490 e. The molecule has 31 heavy (non-hydrogen) atoms. The topological polar surface area (TPSA) is 67.3 Å². The minimum absolute atomic E-state index is 0.185. The third kappa shape index (κ3) is 5.25. The van der Waals surface area contributed by atoms with Gasteiger partial charge in [0.2, 0.25) is 0 Å². The molecule has 0 spiro atoms. The highest BCUT2D eigenvalue weighted by Crippen LogP contribution is 2.35. The van der Waals surface area contributed by atoms with E-state index in [-0.39, 0.29) is 5.91 Å². The second-order valence-corrected chi connectivity index (χ2v) is 8.43. The summed E-state index contributed by atoms with van der Waals surface area (Å²) in [6.07, 6.45) is 3.53. The maximum absolute atomic E-state index is 12.7. The second-order valence-electron chi connectivity index (χ2n) is 7.40. The number of amides is 1. The van der Waals surface area contributed by atoms with Crippen molar-refractivity contribution in [1.29, 1.82) is 0 Å². The minimum atomic E-state index is -0.185. The zero-order chi connectivity index (χ0) is 21.6. The van der Waals surface area contributed by atoms with Crippen LogP contribution in [0.4, 0.5) is 0 Å². The van der Waals surface area contributed by atoms with Crippen LogP contribution in [0.5, 0.6) is 5.75 Å². The molecule has 0 fully saturated rings. The van der Waals surface area contributed by atoms with Crippen LogP contribution in [0.3, 0.4) is 0 Å². The van der Waals surface area contributed by atoms with Crippen LogP contribution in [0.1, 0.15) is 15.4 Å². The van der Waals surface area contributed by atoms with E-state index in [0.29, 0.717) is 29.4 Å². The fourth-order valence-corrected chi connectivity index (χ4v) is 4.05. The van der Waals surface area contributed by atoms with E-state index in [1.54, 1.807) is 12.4 Å². The number of rotatable bonds is 8. The molecule has 158 valence electrons. The summed E-state index contributed by atoms with van der Waals surface area (Å²) in [7, 11) is 4.01. The zero-order valence-electron chi connectivity index (χ0n) is 17.5. The van der Waals surface area contributed by atoms with E-state index >= 15 is 0 Å². The predicted octanol–water partition coefficient (Wildman–Crippen LogP) is 4.23. The van der Waals surface area contributed by atoms with Gasteiger partial charge in [0.1, 0.15) is 17.9 Å². The van der Waals surface area contributed by atoms with Crippen LogP contribution in [0.25, 0.3) is 21.3 Å². The highest BCUT2D eigenvalue weighted by atomic mass is 32.1. The first-order valence-electron chi connectivity index (χ1n) is 10.0. The summed E-state index contributed by atoms with van der Waals surface area (Å²) >= 11 is 1.37. The first kappa shape index (κ1) is 21.0. The molecule has 0 unspecified atom stereocenters. The van der Waals surface area contributed by atoms with E-state index in [4.69, 9.17) is 4.74 Å². The maximum atomic E-state index is 12.7. The molecule has 2 aromatic carbocycles. The number of pyridine rings is 1.